The van der Waals surface area contributed by atoms with Gasteiger partial charge in [-0.15, -0.1) is 11.8 Å². The van der Waals surface area contributed by atoms with Crippen LogP contribution in [0, 0.1) is 13.8 Å². The SMILES string of the molecule is CSc1cc(N)nc(SCc2cc(C)nc(C)n2)n1. The largest absolute Gasteiger partial charge is 0.384 e. The fourth-order valence-electron chi connectivity index (χ4n) is 1.60. The Morgan fingerprint density at radius 3 is 2.58 bits per heavy atom. The molecule has 0 radical (unpaired) electrons. The maximum absolute atomic E-state index is 5.75. The van der Waals surface area contributed by atoms with Gasteiger partial charge in [0.25, 0.3) is 0 Å². The summed E-state index contributed by atoms with van der Waals surface area (Å²) in [6, 6.07) is 3.75. The molecule has 2 N–H and O–H groups in total. The molecule has 0 aliphatic rings. The van der Waals surface area contributed by atoms with E-state index >= 15 is 0 Å². The topological polar surface area (TPSA) is 77.6 Å². The number of nitrogen functional groups attached to an aromatic ring is 1. The summed E-state index contributed by atoms with van der Waals surface area (Å²) in [5.74, 6) is 1.99. The highest BCUT2D eigenvalue weighted by molar-refractivity contribution is 7.99. The highest BCUT2D eigenvalue weighted by Crippen LogP contribution is 2.22. The molecular formula is C12H15N5S2. The first kappa shape index (κ1) is 14.1. The fourth-order valence-corrected chi connectivity index (χ4v) is 2.83. The maximum Gasteiger partial charge on any atom is 0.190 e. The smallest absolute Gasteiger partial charge is 0.190 e. The number of thioether (sulfide) groups is 2. The zero-order chi connectivity index (χ0) is 13.8. The molecular weight excluding hydrogens is 278 g/mol. The van der Waals surface area contributed by atoms with Gasteiger partial charge in [0.1, 0.15) is 16.7 Å². The van der Waals surface area contributed by atoms with Crippen molar-refractivity contribution in [2.75, 3.05) is 12.0 Å². The molecule has 0 aliphatic carbocycles. The lowest BCUT2D eigenvalue weighted by molar-refractivity contribution is 0.897. The van der Waals surface area contributed by atoms with E-state index in [9.17, 15) is 0 Å². The monoisotopic (exact) mass is 293 g/mol. The molecule has 0 unspecified atom stereocenters. The Morgan fingerprint density at radius 2 is 1.89 bits per heavy atom. The maximum atomic E-state index is 5.75. The second-order valence-corrected chi connectivity index (χ2v) is 5.72. The number of rotatable bonds is 4. The van der Waals surface area contributed by atoms with Gasteiger partial charge in [0, 0.05) is 17.5 Å². The van der Waals surface area contributed by atoms with E-state index in [0.29, 0.717) is 16.7 Å². The fraction of sp³-hybridized carbons (Fsp3) is 0.333. The molecule has 0 amide bonds. The number of nitrogens with zero attached hydrogens (tertiary/aromatic N) is 4. The Hall–Kier alpha value is -1.34. The molecule has 5 nitrogen and oxygen atoms in total. The van der Waals surface area contributed by atoms with Crippen LogP contribution in [-0.4, -0.2) is 26.2 Å². The normalized spacial score (nSPS) is 10.7. The van der Waals surface area contributed by atoms with Gasteiger partial charge in [-0.25, -0.2) is 19.9 Å². The second-order valence-electron chi connectivity index (χ2n) is 3.95. The molecule has 2 aromatic rings. The standard InChI is InChI=1S/C12H15N5S2/c1-7-4-9(15-8(2)14-7)6-19-12-16-10(13)5-11(17-12)18-3/h4-5H,6H2,1-3H3,(H2,13,16,17). The van der Waals surface area contributed by atoms with E-state index in [1.165, 1.54) is 11.8 Å². The van der Waals surface area contributed by atoms with Crippen molar-refractivity contribution < 1.29 is 0 Å². The third-order valence-corrected chi connectivity index (χ3v) is 3.79. The van der Waals surface area contributed by atoms with Crippen molar-refractivity contribution in [1.82, 2.24) is 19.9 Å². The summed E-state index contributed by atoms with van der Waals surface area (Å²) >= 11 is 3.08. The number of hydrogen-bond acceptors (Lipinski definition) is 7. The lowest BCUT2D eigenvalue weighted by Crippen LogP contribution is -1.98. The predicted octanol–water partition coefficient (Wildman–Crippen LogP) is 2.48. The van der Waals surface area contributed by atoms with Crippen LogP contribution in [0.25, 0.3) is 0 Å². The van der Waals surface area contributed by atoms with Gasteiger partial charge in [0.15, 0.2) is 5.16 Å². The first-order valence-corrected chi connectivity index (χ1v) is 7.90. The number of nitrogens with two attached hydrogens (primary N) is 1. The van der Waals surface area contributed by atoms with Gasteiger partial charge in [0.05, 0.1) is 5.69 Å². The Labute approximate surface area is 120 Å². The van der Waals surface area contributed by atoms with E-state index < -0.39 is 0 Å². The Morgan fingerprint density at radius 1 is 1.11 bits per heavy atom. The van der Waals surface area contributed by atoms with Crippen molar-refractivity contribution >= 4 is 29.3 Å². The summed E-state index contributed by atoms with van der Waals surface area (Å²) < 4.78 is 0. The lowest BCUT2D eigenvalue weighted by Gasteiger charge is -2.05. The zero-order valence-electron chi connectivity index (χ0n) is 11.0. The van der Waals surface area contributed by atoms with Gasteiger partial charge in [-0.1, -0.05) is 11.8 Å². The third kappa shape index (κ3) is 4.07. The average Bonchev–Trinajstić information content (AvgIpc) is 2.34. The molecule has 0 aromatic carbocycles. The van der Waals surface area contributed by atoms with E-state index in [2.05, 4.69) is 19.9 Å². The minimum Gasteiger partial charge on any atom is -0.384 e. The minimum atomic E-state index is 0.497. The zero-order valence-corrected chi connectivity index (χ0v) is 12.7. The van der Waals surface area contributed by atoms with Crippen LogP contribution in [-0.2, 0) is 5.75 Å². The van der Waals surface area contributed by atoms with E-state index in [4.69, 9.17) is 5.73 Å². The Balaban J connectivity index is 2.11. The molecule has 100 valence electrons. The van der Waals surface area contributed by atoms with Gasteiger partial charge in [-0.2, -0.15) is 0 Å². The van der Waals surface area contributed by atoms with Gasteiger partial charge < -0.3 is 5.73 Å². The molecule has 2 heterocycles. The van der Waals surface area contributed by atoms with Crippen LogP contribution >= 0.6 is 23.5 Å². The summed E-state index contributed by atoms with van der Waals surface area (Å²) in [4.78, 5) is 17.3. The predicted molar refractivity (Wildman–Crippen MR) is 79.3 cm³/mol. The second kappa shape index (κ2) is 6.21. The molecule has 0 saturated carbocycles. The molecule has 19 heavy (non-hydrogen) atoms. The van der Waals surface area contributed by atoms with E-state index in [0.717, 1.165) is 22.2 Å². The molecule has 0 spiro atoms. The van der Waals surface area contributed by atoms with Gasteiger partial charge in [-0.3, -0.25) is 0 Å². The minimum absolute atomic E-state index is 0.497. The summed E-state index contributed by atoms with van der Waals surface area (Å²) in [7, 11) is 0. The third-order valence-electron chi connectivity index (χ3n) is 2.28. The molecule has 0 aliphatic heterocycles. The van der Waals surface area contributed by atoms with Gasteiger partial charge >= 0.3 is 0 Å². The molecule has 2 rings (SSSR count). The van der Waals surface area contributed by atoms with Crippen molar-refractivity contribution in [1.29, 1.82) is 0 Å². The number of aromatic nitrogens is 4. The first-order valence-electron chi connectivity index (χ1n) is 5.69. The summed E-state index contributed by atoms with van der Waals surface area (Å²) in [6.07, 6.45) is 1.97. The van der Waals surface area contributed by atoms with Crippen LogP contribution in [0.2, 0.25) is 0 Å². The average molecular weight is 293 g/mol. The molecule has 0 fully saturated rings. The van der Waals surface area contributed by atoms with Crippen molar-refractivity contribution in [2.24, 2.45) is 0 Å². The number of hydrogen-bond donors (Lipinski definition) is 1. The molecule has 7 heteroatoms. The van der Waals surface area contributed by atoms with Crippen LogP contribution in [0.4, 0.5) is 5.82 Å². The number of aryl methyl sites for hydroxylation is 2. The van der Waals surface area contributed by atoms with Gasteiger partial charge in [0.2, 0.25) is 0 Å². The van der Waals surface area contributed by atoms with Crippen molar-refractivity contribution in [3.63, 3.8) is 0 Å². The summed E-state index contributed by atoms with van der Waals surface area (Å²) in [6.45, 7) is 3.86. The van der Waals surface area contributed by atoms with Gasteiger partial charge in [-0.05, 0) is 26.2 Å². The lowest BCUT2D eigenvalue weighted by atomic mass is 10.3. The quantitative estimate of drug-likeness (QED) is 0.527. The molecule has 0 saturated heterocycles. The highest BCUT2D eigenvalue weighted by atomic mass is 32.2. The van der Waals surface area contributed by atoms with Crippen LogP contribution in [0.1, 0.15) is 17.2 Å². The number of anilines is 1. The molecule has 0 atom stereocenters. The van der Waals surface area contributed by atoms with E-state index in [1.54, 1.807) is 17.8 Å². The van der Waals surface area contributed by atoms with Crippen molar-refractivity contribution in [2.45, 2.75) is 29.8 Å². The highest BCUT2D eigenvalue weighted by Gasteiger charge is 2.05. The van der Waals surface area contributed by atoms with E-state index in [-0.39, 0.29) is 0 Å². The van der Waals surface area contributed by atoms with Crippen LogP contribution in [0.15, 0.2) is 22.3 Å². The van der Waals surface area contributed by atoms with E-state index in [1.807, 2.05) is 26.2 Å². The van der Waals surface area contributed by atoms with Crippen LogP contribution in [0.3, 0.4) is 0 Å². The molecule has 2 aromatic heterocycles. The Kier molecular flexibility index (Phi) is 4.60. The summed E-state index contributed by atoms with van der Waals surface area (Å²) in [5, 5.41) is 1.56. The first-order chi connectivity index (χ1) is 9.06. The van der Waals surface area contributed by atoms with Crippen molar-refractivity contribution in [3.8, 4) is 0 Å². The van der Waals surface area contributed by atoms with Crippen LogP contribution in [0.5, 0.6) is 0 Å². The Bertz CT molecular complexity index is 568. The molecule has 0 bridgehead atoms. The summed E-state index contributed by atoms with van der Waals surface area (Å²) in [5.41, 5.74) is 7.70. The van der Waals surface area contributed by atoms with Crippen molar-refractivity contribution in [3.05, 3.63) is 29.3 Å². The van der Waals surface area contributed by atoms with Crippen LogP contribution < -0.4 is 5.73 Å².